The molecule has 1 fully saturated rings. The summed E-state index contributed by atoms with van der Waals surface area (Å²) in [5.74, 6) is -0.564. The van der Waals surface area contributed by atoms with Crippen LogP contribution in [0.15, 0.2) is 24.3 Å². The normalized spacial score (nSPS) is 19.1. The maximum absolute atomic E-state index is 12.3. The third kappa shape index (κ3) is 4.93. The highest BCUT2D eigenvalue weighted by atomic mass is 19.4. The van der Waals surface area contributed by atoms with Gasteiger partial charge in [0.05, 0.1) is 5.92 Å². The molecule has 0 spiro atoms. The van der Waals surface area contributed by atoms with Gasteiger partial charge in [-0.05, 0) is 25.5 Å². The third-order valence-electron chi connectivity index (χ3n) is 3.32. The number of ether oxygens (including phenoxy) is 1. The topological polar surface area (TPSA) is 50.4 Å². The van der Waals surface area contributed by atoms with Crippen molar-refractivity contribution in [2.75, 3.05) is 13.1 Å². The lowest BCUT2D eigenvalue weighted by Gasteiger charge is -2.22. The molecule has 0 aromatic heterocycles. The Morgan fingerprint density at radius 1 is 1.38 bits per heavy atom. The van der Waals surface area contributed by atoms with Crippen molar-refractivity contribution in [2.45, 2.75) is 25.7 Å². The molecule has 7 heteroatoms. The summed E-state index contributed by atoms with van der Waals surface area (Å²) in [6.45, 7) is 1.51. The van der Waals surface area contributed by atoms with Gasteiger partial charge < -0.3 is 15.4 Å². The number of carbonyl (C=O) groups excluding carboxylic acids is 1. The van der Waals surface area contributed by atoms with Crippen molar-refractivity contribution >= 4 is 5.91 Å². The van der Waals surface area contributed by atoms with Gasteiger partial charge in [0.2, 0.25) is 5.91 Å². The van der Waals surface area contributed by atoms with Crippen molar-refractivity contribution in [2.24, 2.45) is 5.92 Å². The molecule has 1 amide bonds. The van der Waals surface area contributed by atoms with Gasteiger partial charge >= 0.3 is 6.36 Å². The number of nitrogens with one attached hydrogen (secondary N) is 2. The minimum absolute atomic E-state index is 0.0155. The molecule has 2 N–H and O–H groups in total. The Bertz CT molecular complexity index is 485. The first-order chi connectivity index (χ1) is 9.96. The van der Waals surface area contributed by atoms with Crippen LogP contribution in [0.3, 0.4) is 0 Å². The summed E-state index contributed by atoms with van der Waals surface area (Å²) in [6, 6.07) is 5.79. The van der Waals surface area contributed by atoms with E-state index in [4.69, 9.17) is 0 Å². The van der Waals surface area contributed by atoms with Crippen molar-refractivity contribution in [3.63, 3.8) is 0 Å². The van der Waals surface area contributed by atoms with Crippen LogP contribution in [0.2, 0.25) is 0 Å². The first-order valence-electron chi connectivity index (χ1n) is 6.78. The molecule has 1 aliphatic rings. The van der Waals surface area contributed by atoms with Crippen molar-refractivity contribution < 1.29 is 22.7 Å². The van der Waals surface area contributed by atoms with Gasteiger partial charge in [-0.3, -0.25) is 4.79 Å². The summed E-state index contributed by atoms with van der Waals surface area (Å²) in [6.07, 6.45) is -3.03. The minimum Gasteiger partial charge on any atom is -0.405 e. The lowest BCUT2D eigenvalue weighted by molar-refractivity contribution is -0.274. The summed E-state index contributed by atoms with van der Waals surface area (Å²) < 4.78 is 40.8. The molecule has 4 nitrogen and oxygen atoms in total. The first kappa shape index (κ1) is 15.6. The van der Waals surface area contributed by atoms with Crippen LogP contribution in [0.1, 0.15) is 18.4 Å². The van der Waals surface area contributed by atoms with E-state index in [0.29, 0.717) is 12.1 Å². The first-order valence-corrected chi connectivity index (χ1v) is 6.78. The average molecular weight is 302 g/mol. The Kier molecular flexibility index (Phi) is 5.06. The molecule has 0 bridgehead atoms. The SMILES string of the molecule is O=C(NCc1ccccc1OC(F)(F)F)C1CCCNC1. The van der Waals surface area contributed by atoms with Crippen LogP contribution in [0.4, 0.5) is 13.2 Å². The molecule has 1 atom stereocenters. The number of amides is 1. The van der Waals surface area contributed by atoms with E-state index in [1.54, 1.807) is 6.07 Å². The highest BCUT2D eigenvalue weighted by molar-refractivity contribution is 5.79. The molecular formula is C14H17F3N2O2. The van der Waals surface area contributed by atoms with Gasteiger partial charge in [-0.25, -0.2) is 0 Å². The molecule has 1 aromatic carbocycles. The molecule has 116 valence electrons. The number of hydrogen-bond donors (Lipinski definition) is 2. The number of carbonyl (C=O) groups is 1. The summed E-state index contributed by atoms with van der Waals surface area (Å²) >= 11 is 0. The molecule has 0 radical (unpaired) electrons. The van der Waals surface area contributed by atoms with Gasteiger partial charge in [-0.1, -0.05) is 18.2 Å². The zero-order valence-corrected chi connectivity index (χ0v) is 11.4. The van der Waals surface area contributed by atoms with Gasteiger partial charge in [0.25, 0.3) is 0 Å². The number of piperidine rings is 1. The van der Waals surface area contributed by atoms with Crippen LogP contribution < -0.4 is 15.4 Å². The second-order valence-electron chi connectivity index (χ2n) is 4.92. The second-order valence-corrected chi connectivity index (χ2v) is 4.92. The van der Waals surface area contributed by atoms with Gasteiger partial charge in [0.1, 0.15) is 5.75 Å². The van der Waals surface area contributed by atoms with Crippen molar-refractivity contribution in [3.8, 4) is 5.75 Å². The quantitative estimate of drug-likeness (QED) is 0.896. The van der Waals surface area contributed by atoms with Gasteiger partial charge in [-0.15, -0.1) is 13.2 Å². The van der Waals surface area contributed by atoms with Gasteiger partial charge in [-0.2, -0.15) is 0 Å². The number of alkyl halides is 3. The number of hydrogen-bond acceptors (Lipinski definition) is 3. The molecule has 2 rings (SSSR count). The Labute approximate surface area is 120 Å². The molecule has 1 unspecified atom stereocenters. The van der Waals surface area contributed by atoms with Crippen LogP contribution in [0.5, 0.6) is 5.75 Å². The third-order valence-corrected chi connectivity index (χ3v) is 3.32. The maximum Gasteiger partial charge on any atom is 0.573 e. The highest BCUT2D eigenvalue weighted by Gasteiger charge is 2.32. The van der Waals surface area contributed by atoms with Gasteiger partial charge in [0.15, 0.2) is 0 Å². The largest absolute Gasteiger partial charge is 0.573 e. The smallest absolute Gasteiger partial charge is 0.405 e. The summed E-state index contributed by atoms with van der Waals surface area (Å²) in [7, 11) is 0. The lowest BCUT2D eigenvalue weighted by Crippen LogP contribution is -2.40. The van der Waals surface area contributed by atoms with Crippen LogP contribution in [-0.4, -0.2) is 25.4 Å². The average Bonchev–Trinajstić information content (AvgIpc) is 2.45. The summed E-state index contributed by atoms with van der Waals surface area (Å²) in [5.41, 5.74) is 0.298. The Morgan fingerprint density at radius 3 is 2.81 bits per heavy atom. The predicted molar refractivity (Wildman–Crippen MR) is 70.6 cm³/mol. The summed E-state index contributed by atoms with van der Waals surface area (Å²) in [5, 5.41) is 5.79. The standard InChI is InChI=1S/C14H17F3N2O2/c15-14(16,17)21-12-6-2-1-4-10(12)9-19-13(20)11-5-3-7-18-8-11/h1-2,4,6,11,18H,3,5,7-9H2,(H,19,20). The number of halogens is 3. The van der Waals surface area contributed by atoms with E-state index in [1.165, 1.54) is 18.2 Å². The van der Waals surface area contributed by atoms with E-state index in [-0.39, 0.29) is 24.1 Å². The Hall–Kier alpha value is -1.76. The van der Waals surface area contributed by atoms with E-state index < -0.39 is 6.36 Å². The van der Waals surface area contributed by atoms with Crippen LogP contribution in [0.25, 0.3) is 0 Å². The molecule has 1 aliphatic heterocycles. The second kappa shape index (κ2) is 6.80. The van der Waals surface area contributed by atoms with E-state index in [0.717, 1.165) is 19.4 Å². The molecular weight excluding hydrogens is 285 g/mol. The van der Waals surface area contributed by atoms with Crippen molar-refractivity contribution in [1.29, 1.82) is 0 Å². The van der Waals surface area contributed by atoms with E-state index >= 15 is 0 Å². The molecule has 1 aromatic rings. The summed E-state index contributed by atoms with van der Waals surface area (Å²) in [4.78, 5) is 12.0. The monoisotopic (exact) mass is 302 g/mol. The molecule has 1 heterocycles. The van der Waals surface area contributed by atoms with Crippen LogP contribution in [0, 0.1) is 5.92 Å². The van der Waals surface area contributed by atoms with Gasteiger partial charge in [0, 0.05) is 18.7 Å². The van der Waals surface area contributed by atoms with Crippen molar-refractivity contribution in [1.82, 2.24) is 10.6 Å². The predicted octanol–water partition coefficient (Wildman–Crippen LogP) is 2.20. The number of benzene rings is 1. The molecule has 0 aliphatic carbocycles. The molecule has 1 saturated heterocycles. The van der Waals surface area contributed by atoms with E-state index in [2.05, 4.69) is 15.4 Å². The van der Waals surface area contributed by atoms with Crippen LogP contribution in [-0.2, 0) is 11.3 Å². The van der Waals surface area contributed by atoms with E-state index in [1.807, 2.05) is 0 Å². The molecule has 0 saturated carbocycles. The minimum atomic E-state index is -4.74. The lowest BCUT2D eigenvalue weighted by atomic mass is 9.99. The zero-order chi connectivity index (χ0) is 15.3. The Morgan fingerprint density at radius 2 is 2.14 bits per heavy atom. The number of para-hydroxylation sites is 1. The molecule has 21 heavy (non-hydrogen) atoms. The fourth-order valence-corrected chi connectivity index (χ4v) is 2.28. The maximum atomic E-state index is 12.3. The highest BCUT2D eigenvalue weighted by Crippen LogP contribution is 2.26. The van der Waals surface area contributed by atoms with Crippen LogP contribution >= 0.6 is 0 Å². The number of rotatable bonds is 4. The zero-order valence-electron chi connectivity index (χ0n) is 11.4. The van der Waals surface area contributed by atoms with E-state index in [9.17, 15) is 18.0 Å². The fourth-order valence-electron chi connectivity index (χ4n) is 2.28. The fraction of sp³-hybridized carbons (Fsp3) is 0.500. The Balaban J connectivity index is 1.94. The van der Waals surface area contributed by atoms with Crippen molar-refractivity contribution in [3.05, 3.63) is 29.8 Å².